The van der Waals surface area contributed by atoms with E-state index >= 15 is 0 Å². The quantitative estimate of drug-likeness (QED) is 0.744. The predicted octanol–water partition coefficient (Wildman–Crippen LogP) is 3.77. The van der Waals surface area contributed by atoms with Crippen LogP contribution in [0.25, 0.3) is 0 Å². The number of allylic oxidation sites excluding steroid dienone is 2. The maximum absolute atomic E-state index is 12.3. The third kappa shape index (κ3) is 3.12. The topological polar surface area (TPSA) is 52.6 Å². The Labute approximate surface area is 137 Å². The van der Waals surface area contributed by atoms with Crippen molar-refractivity contribution in [2.45, 2.75) is 64.4 Å². The maximum atomic E-state index is 12.3. The van der Waals surface area contributed by atoms with Crippen molar-refractivity contribution >= 4 is 11.9 Å². The Morgan fingerprint density at radius 2 is 2.00 bits per heavy atom. The lowest BCUT2D eigenvalue weighted by Crippen LogP contribution is -2.30. The fraction of sp³-hybridized carbons (Fsp3) is 0.579. The van der Waals surface area contributed by atoms with Crippen molar-refractivity contribution in [2.24, 2.45) is 0 Å². The zero-order chi connectivity index (χ0) is 16.4. The van der Waals surface area contributed by atoms with Crippen LogP contribution in [-0.2, 0) is 19.1 Å². The Kier molecular flexibility index (Phi) is 4.42. The molecule has 0 aromatic heterocycles. The Morgan fingerprint density at radius 3 is 2.65 bits per heavy atom. The molecule has 3 rings (SSSR count). The third-order valence-corrected chi connectivity index (χ3v) is 5.00. The normalized spacial score (nSPS) is 23.5. The van der Waals surface area contributed by atoms with Crippen LogP contribution in [-0.4, -0.2) is 24.1 Å². The summed E-state index contributed by atoms with van der Waals surface area (Å²) in [7, 11) is 0. The molecule has 0 saturated heterocycles. The second-order valence-corrected chi connectivity index (χ2v) is 6.62. The average molecular weight is 316 g/mol. The highest BCUT2D eigenvalue weighted by atomic mass is 16.6. The van der Waals surface area contributed by atoms with E-state index in [0.717, 1.165) is 42.4 Å². The first-order valence-electron chi connectivity index (χ1n) is 8.59. The predicted molar refractivity (Wildman–Crippen MR) is 86.6 cm³/mol. The van der Waals surface area contributed by atoms with Crippen LogP contribution < -0.4 is 0 Å². The van der Waals surface area contributed by atoms with Gasteiger partial charge in [-0.05, 0) is 69.6 Å². The van der Waals surface area contributed by atoms with Gasteiger partial charge in [0.1, 0.15) is 5.60 Å². The van der Waals surface area contributed by atoms with Crippen molar-refractivity contribution in [1.82, 2.24) is 0 Å². The van der Waals surface area contributed by atoms with E-state index in [1.165, 1.54) is 6.42 Å². The molecule has 1 fully saturated rings. The Morgan fingerprint density at radius 1 is 1.26 bits per heavy atom. The summed E-state index contributed by atoms with van der Waals surface area (Å²) in [6, 6.07) is 0. The monoisotopic (exact) mass is 316 g/mol. The molecule has 1 aliphatic heterocycles. The van der Waals surface area contributed by atoms with Crippen molar-refractivity contribution in [3.05, 3.63) is 34.4 Å². The fourth-order valence-corrected chi connectivity index (χ4v) is 3.78. The third-order valence-electron chi connectivity index (χ3n) is 5.00. The molecule has 4 nitrogen and oxygen atoms in total. The Hall–Kier alpha value is -1.84. The molecule has 124 valence electrons. The summed E-state index contributed by atoms with van der Waals surface area (Å²) < 4.78 is 10.8. The molecule has 4 heteroatoms. The highest BCUT2D eigenvalue weighted by Gasteiger charge is 2.41. The summed E-state index contributed by atoms with van der Waals surface area (Å²) >= 11 is 0. The van der Waals surface area contributed by atoms with Crippen molar-refractivity contribution in [3.8, 4) is 0 Å². The number of rotatable bonds is 3. The number of carbonyl (C=O) groups excluding carboxylic acids is 2. The molecule has 23 heavy (non-hydrogen) atoms. The SMILES string of the molecule is CCOC(=O)C1=C(C)C=C(C2=CC3(CCCCC3)OC2=O)CC1. The smallest absolute Gasteiger partial charge is 0.339 e. The van der Waals surface area contributed by atoms with Crippen molar-refractivity contribution < 1.29 is 19.1 Å². The van der Waals surface area contributed by atoms with Gasteiger partial charge in [-0.1, -0.05) is 12.5 Å². The lowest BCUT2D eigenvalue weighted by Gasteiger charge is -2.30. The van der Waals surface area contributed by atoms with Crippen molar-refractivity contribution in [3.63, 3.8) is 0 Å². The van der Waals surface area contributed by atoms with E-state index in [-0.39, 0.29) is 17.5 Å². The van der Waals surface area contributed by atoms with Gasteiger partial charge in [-0.3, -0.25) is 0 Å². The van der Waals surface area contributed by atoms with Crippen LogP contribution >= 0.6 is 0 Å². The summed E-state index contributed by atoms with van der Waals surface area (Å²) in [5, 5.41) is 0. The zero-order valence-electron chi connectivity index (χ0n) is 13.9. The first-order valence-corrected chi connectivity index (χ1v) is 8.59. The van der Waals surface area contributed by atoms with E-state index < -0.39 is 0 Å². The van der Waals surface area contributed by atoms with Crippen LogP contribution in [0.1, 0.15) is 58.8 Å². The van der Waals surface area contributed by atoms with E-state index in [1.54, 1.807) is 6.92 Å². The fourth-order valence-electron chi connectivity index (χ4n) is 3.78. The summed E-state index contributed by atoms with van der Waals surface area (Å²) in [6.07, 6.45) is 10.6. The number of esters is 2. The second-order valence-electron chi connectivity index (χ2n) is 6.62. The molecule has 0 aromatic rings. The van der Waals surface area contributed by atoms with Gasteiger partial charge in [0.05, 0.1) is 12.2 Å². The number of ether oxygens (including phenoxy) is 2. The highest BCUT2D eigenvalue weighted by Crippen LogP contribution is 2.41. The minimum atomic E-state index is -0.370. The van der Waals surface area contributed by atoms with Crippen molar-refractivity contribution in [2.75, 3.05) is 6.61 Å². The lowest BCUT2D eigenvalue weighted by atomic mass is 9.83. The van der Waals surface area contributed by atoms with E-state index in [0.29, 0.717) is 25.0 Å². The van der Waals surface area contributed by atoms with E-state index in [1.807, 2.05) is 19.1 Å². The summed E-state index contributed by atoms with van der Waals surface area (Å²) in [5.41, 5.74) is 2.93. The van der Waals surface area contributed by atoms with Gasteiger partial charge >= 0.3 is 11.9 Å². The molecule has 0 N–H and O–H groups in total. The van der Waals surface area contributed by atoms with Crippen LogP contribution in [0.15, 0.2) is 34.4 Å². The Bertz CT molecular complexity index is 615. The molecule has 1 saturated carbocycles. The molecule has 0 atom stereocenters. The maximum Gasteiger partial charge on any atom is 0.339 e. The van der Waals surface area contributed by atoms with Crippen LogP contribution in [0.3, 0.4) is 0 Å². The Balaban J connectivity index is 1.85. The molecule has 0 unspecified atom stereocenters. The van der Waals surface area contributed by atoms with Crippen LogP contribution in [0.5, 0.6) is 0 Å². The minimum absolute atomic E-state index is 0.203. The first kappa shape index (κ1) is 16.0. The van der Waals surface area contributed by atoms with Crippen molar-refractivity contribution in [1.29, 1.82) is 0 Å². The van der Waals surface area contributed by atoms with Crippen LogP contribution in [0.2, 0.25) is 0 Å². The zero-order valence-corrected chi connectivity index (χ0v) is 13.9. The minimum Gasteiger partial charge on any atom is -0.463 e. The molecule has 0 radical (unpaired) electrons. The van der Waals surface area contributed by atoms with E-state index in [9.17, 15) is 9.59 Å². The molecule has 1 heterocycles. The van der Waals surface area contributed by atoms with E-state index in [4.69, 9.17) is 9.47 Å². The van der Waals surface area contributed by atoms with Gasteiger partial charge in [-0.2, -0.15) is 0 Å². The molecule has 0 amide bonds. The highest BCUT2D eigenvalue weighted by molar-refractivity contribution is 5.97. The standard InChI is InChI=1S/C19H24O4/c1-3-22-17(20)15-8-7-14(11-13(15)2)16-12-19(23-18(16)21)9-5-4-6-10-19/h11-12H,3-10H2,1-2H3. The molecule has 0 aromatic carbocycles. The van der Waals surface area contributed by atoms with Gasteiger partial charge in [0.25, 0.3) is 0 Å². The number of hydrogen-bond acceptors (Lipinski definition) is 4. The van der Waals surface area contributed by atoms with Gasteiger partial charge in [0.2, 0.25) is 0 Å². The van der Waals surface area contributed by atoms with E-state index in [2.05, 4.69) is 0 Å². The van der Waals surface area contributed by atoms with Gasteiger partial charge < -0.3 is 9.47 Å². The lowest BCUT2D eigenvalue weighted by molar-refractivity contribution is -0.148. The van der Waals surface area contributed by atoms with Gasteiger partial charge in [-0.25, -0.2) is 9.59 Å². The van der Waals surface area contributed by atoms with Gasteiger partial charge in [-0.15, -0.1) is 0 Å². The molecule has 2 aliphatic carbocycles. The largest absolute Gasteiger partial charge is 0.463 e. The molecule has 1 spiro atoms. The van der Waals surface area contributed by atoms with Gasteiger partial charge in [0.15, 0.2) is 0 Å². The van der Waals surface area contributed by atoms with Crippen LogP contribution in [0, 0.1) is 0 Å². The summed E-state index contributed by atoms with van der Waals surface area (Å²) in [5.74, 6) is -0.447. The average Bonchev–Trinajstić information content (AvgIpc) is 2.84. The van der Waals surface area contributed by atoms with Gasteiger partial charge in [0, 0.05) is 5.57 Å². The molecule has 0 bridgehead atoms. The second kappa shape index (κ2) is 6.34. The first-order chi connectivity index (χ1) is 11.0. The molecule has 3 aliphatic rings. The molecular weight excluding hydrogens is 292 g/mol. The number of carbonyl (C=O) groups is 2. The van der Waals surface area contributed by atoms with Crippen LogP contribution in [0.4, 0.5) is 0 Å². The summed E-state index contributed by atoms with van der Waals surface area (Å²) in [4.78, 5) is 24.3. The summed E-state index contributed by atoms with van der Waals surface area (Å²) in [6.45, 7) is 4.09. The molecular formula is C19H24O4. The number of hydrogen-bond donors (Lipinski definition) is 0.